The molecule has 0 aliphatic heterocycles. The topological polar surface area (TPSA) is 109 Å². The van der Waals surface area contributed by atoms with Gasteiger partial charge in [-0.1, -0.05) is 6.07 Å². The van der Waals surface area contributed by atoms with Gasteiger partial charge in [-0.05, 0) is 49.9 Å². The number of aromatic nitrogens is 3. The van der Waals surface area contributed by atoms with Crippen LogP contribution < -0.4 is 10.6 Å². The molecule has 138 valence electrons. The molecular weight excluding hydrogens is 346 g/mol. The van der Waals surface area contributed by atoms with E-state index in [4.69, 9.17) is 0 Å². The standard InChI is InChI=1S/C19H19N5O3/c1-10-3-4-12(18(25)22-13-5-6-13)7-15(10)23-17-16-11(2)14(19(26)27)8-24(16)21-9-20-17/h3-4,7-9,13H,5-6H2,1-2H3,(H,22,25)(H,26,27)(H,20,21,23). The monoisotopic (exact) mass is 365 g/mol. The smallest absolute Gasteiger partial charge is 0.337 e. The van der Waals surface area contributed by atoms with E-state index in [0.717, 1.165) is 24.1 Å². The lowest BCUT2D eigenvalue weighted by Crippen LogP contribution is -2.25. The summed E-state index contributed by atoms with van der Waals surface area (Å²) in [6.07, 6.45) is 4.88. The number of fused-ring (bicyclic) bond motifs is 1. The summed E-state index contributed by atoms with van der Waals surface area (Å²) in [5.74, 6) is -0.628. The van der Waals surface area contributed by atoms with Crippen LogP contribution in [0.15, 0.2) is 30.7 Å². The Kier molecular flexibility index (Phi) is 4.02. The third-order valence-electron chi connectivity index (χ3n) is 4.72. The molecule has 0 unspecified atom stereocenters. The van der Waals surface area contributed by atoms with Crippen molar-refractivity contribution in [2.24, 2.45) is 0 Å². The SMILES string of the molecule is Cc1ccc(C(=O)NC2CC2)cc1Nc1ncnn2cc(C(=O)O)c(C)c12. The summed E-state index contributed by atoms with van der Waals surface area (Å²) in [5.41, 5.74) is 3.58. The molecule has 0 atom stereocenters. The second-order valence-electron chi connectivity index (χ2n) is 6.78. The Hall–Kier alpha value is -3.42. The number of carbonyl (C=O) groups excluding carboxylic acids is 1. The van der Waals surface area contributed by atoms with Crippen LogP contribution in [0.25, 0.3) is 5.52 Å². The van der Waals surface area contributed by atoms with Gasteiger partial charge in [-0.2, -0.15) is 5.10 Å². The summed E-state index contributed by atoms with van der Waals surface area (Å²) in [6, 6.07) is 5.73. The van der Waals surface area contributed by atoms with Crippen LogP contribution in [0.1, 0.15) is 44.7 Å². The van der Waals surface area contributed by atoms with Crippen LogP contribution in [0.5, 0.6) is 0 Å². The van der Waals surface area contributed by atoms with Crippen molar-refractivity contribution in [3.8, 4) is 0 Å². The molecule has 4 rings (SSSR count). The van der Waals surface area contributed by atoms with Crippen molar-refractivity contribution in [3.63, 3.8) is 0 Å². The van der Waals surface area contributed by atoms with Crippen LogP contribution in [0, 0.1) is 13.8 Å². The van der Waals surface area contributed by atoms with Gasteiger partial charge < -0.3 is 15.7 Å². The maximum atomic E-state index is 12.3. The summed E-state index contributed by atoms with van der Waals surface area (Å²) >= 11 is 0. The van der Waals surface area contributed by atoms with E-state index in [2.05, 4.69) is 20.7 Å². The fraction of sp³-hybridized carbons (Fsp3) is 0.263. The Morgan fingerprint density at radius 1 is 1.26 bits per heavy atom. The first kappa shape index (κ1) is 17.0. The average Bonchev–Trinajstić information content (AvgIpc) is 3.38. The average molecular weight is 365 g/mol. The highest BCUT2D eigenvalue weighted by atomic mass is 16.4. The van der Waals surface area contributed by atoms with Crippen LogP contribution in [-0.2, 0) is 0 Å². The third kappa shape index (κ3) is 3.21. The minimum atomic E-state index is -1.01. The quantitative estimate of drug-likeness (QED) is 0.641. The van der Waals surface area contributed by atoms with E-state index in [1.54, 1.807) is 19.1 Å². The van der Waals surface area contributed by atoms with E-state index in [9.17, 15) is 14.7 Å². The van der Waals surface area contributed by atoms with Crippen molar-refractivity contribution in [2.75, 3.05) is 5.32 Å². The molecule has 1 fully saturated rings. The summed E-state index contributed by atoms with van der Waals surface area (Å²) in [5, 5.41) is 19.6. The predicted molar refractivity (Wildman–Crippen MR) is 99.6 cm³/mol. The number of carbonyl (C=O) groups is 2. The Balaban J connectivity index is 1.71. The van der Waals surface area contributed by atoms with Crippen LogP contribution in [0.3, 0.4) is 0 Å². The second-order valence-corrected chi connectivity index (χ2v) is 6.78. The van der Waals surface area contributed by atoms with E-state index in [0.29, 0.717) is 22.5 Å². The van der Waals surface area contributed by atoms with Crippen molar-refractivity contribution < 1.29 is 14.7 Å². The zero-order chi connectivity index (χ0) is 19.1. The highest BCUT2D eigenvalue weighted by molar-refractivity contribution is 5.97. The number of anilines is 2. The predicted octanol–water partition coefficient (Wildman–Crippen LogP) is 2.68. The molecule has 1 aromatic carbocycles. The molecule has 3 N–H and O–H groups in total. The third-order valence-corrected chi connectivity index (χ3v) is 4.72. The molecule has 3 aromatic rings. The van der Waals surface area contributed by atoms with E-state index >= 15 is 0 Å². The summed E-state index contributed by atoms with van der Waals surface area (Å²) < 4.78 is 1.49. The lowest BCUT2D eigenvalue weighted by atomic mass is 10.1. The number of nitrogens with zero attached hydrogens (tertiary/aromatic N) is 3. The Bertz CT molecular complexity index is 1070. The molecule has 1 saturated carbocycles. The number of nitrogens with one attached hydrogen (secondary N) is 2. The number of hydrogen-bond donors (Lipinski definition) is 3. The molecule has 0 radical (unpaired) electrons. The van der Waals surface area contributed by atoms with Gasteiger partial charge in [0.05, 0.1) is 5.56 Å². The molecule has 0 saturated heterocycles. The molecule has 1 aliphatic rings. The fourth-order valence-corrected chi connectivity index (χ4v) is 2.99. The van der Waals surface area contributed by atoms with Crippen molar-refractivity contribution in [2.45, 2.75) is 32.7 Å². The summed E-state index contributed by atoms with van der Waals surface area (Å²) in [7, 11) is 0. The minimum absolute atomic E-state index is 0.0968. The van der Waals surface area contributed by atoms with Crippen molar-refractivity contribution >= 4 is 28.9 Å². The van der Waals surface area contributed by atoms with Crippen LogP contribution in [0.4, 0.5) is 11.5 Å². The van der Waals surface area contributed by atoms with Crippen molar-refractivity contribution in [1.29, 1.82) is 0 Å². The number of aryl methyl sites for hydroxylation is 2. The van der Waals surface area contributed by atoms with Gasteiger partial charge in [0.15, 0.2) is 5.82 Å². The van der Waals surface area contributed by atoms with Gasteiger partial charge in [-0.25, -0.2) is 14.3 Å². The van der Waals surface area contributed by atoms with Crippen LogP contribution >= 0.6 is 0 Å². The normalized spacial score (nSPS) is 13.6. The van der Waals surface area contributed by atoms with Gasteiger partial charge in [-0.15, -0.1) is 0 Å². The van der Waals surface area contributed by atoms with Gasteiger partial charge in [0.1, 0.15) is 11.8 Å². The number of hydrogen-bond acceptors (Lipinski definition) is 5. The molecule has 8 nitrogen and oxygen atoms in total. The first-order chi connectivity index (χ1) is 12.9. The van der Waals surface area contributed by atoms with E-state index < -0.39 is 5.97 Å². The van der Waals surface area contributed by atoms with Crippen LogP contribution in [0.2, 0.25) is 0 Å². The maximum absolute atomic E-state index is 12.3. The van der Waals surface area contributed by atoms with Crippen molar-refractivity contribution in [1.82, 2.24) is 19.9 Å². The first-order valence-corrected chi connectivity index (χ1v) is 8.69. The van der Waals surface area contributed by atoms with Crippen LogP contribution in [-0.4, -0.2) is 37.6 Å². The Morgan fingerprint density at radius 2 is 2.04 bits per heavy atom. The second kappa shape index (κ2) is 6.39. The molecule has 1 amide bonds. The lowest BCUT2D eigenvalue weighted by Gasteiger charge is -2.12. The molecule has 0 spiro atoms. The largest absolute Gasteiger partial charge is 0.478 e. The van der Waals surface area contributed by atoms with Gasteiger partial charge in [0.25, 0.3) is 5.91 Å². The first-order valence-electron chi connectivity index (χ1n) is 8.69. The minimum Gasteiger partial charge on any atom is -0.478 e. The Labute approximate surface area is 155 Å². The van der Waals surface area contributed by atoms with E-state index in [1.165, 1.54) is 17.0 Å². The fourth-order valence-electron chi connectivity index (χ4n) is 2.99. The molecule has 27 heavy (non-hydrogen) atoms. The molecule has 1 aliphatic carbocycles. The summed E-state index contributed by atoms with van der Waals surface area (Å²) in [4.78, 5) is 28.0. The Morgan fingerprint density at radius 3 is 2.74 bits per heavy atom. The van der Waals surface area contributed by atoms with Gasteiger partial charge in [0, 0.05) is 23.5 Å². The highest BCUT2D eigenvalue weighted by Gasteiger charge is 2.24. The number of rotatable bonds is 5. The van der Waals surface area contributed by atoms with Gasteiger partial charge >= 0.3 is 5.97 Å². The number of benzene rings is 1. The highest BCUT2D eigenvalue weighted by Crippen LogP contribution is 2.27. The number of amides is 1. The molecule has 2 heterocycles. The van der Waals surface area contributed by atoms with Gasteiger partial charge in [0.2, 0.25) is 0 Å². The number of carboxylic acid groups (broad SMARTS) is 1. The molecule has 2 aromatic heterocycles. The number of carboxylic acids is 1. The summed E-state index contributed by atoms with van der Waals surface area (Å²) in [6.45, 7) is 3.65. The molecular formula is C19H19N5O3. The van der Waals surface area contributed by atoms with E-state index in [-0.39, 0.29) is 17.5 Å². The molecule has 8 heteroatoms. The molecule has 0 bridgehead atoms. The zero-order valence-electron chi connectivity index (χ0n) is 15.0. The van der Waals surface area contributed by atoms with Crippen molar-refractivity contribution in [3.05, 3.63) is 53.0 Å². The maximum Gasteiger partial charge on any atom is 0.337 e. The lowest BCUT2D eigenvalue weighted by molar-refractivity contribution is 0.0696. The van der Waals surface area contributed by atoms with Gasteiger partial charge in [-0.3, -0.25) is 4.79 Å². The number of aromatic carboxylic acids is 1. The zero-order valence-corrected chi connectivity index (χ0v) is 15.0. The van der Waals surface area contributed by atoms with E-state index in [1.807, 2.05) is 13.0 Å².